The third-order valence-corrected chi connectivity index (χ3v) is 2.12. The van der Waals surface area contributed by atoms with Crippen molar-refractivity contribution in [3.05, 3.63) is 27.9 Å². The second kappa shape index (κ2) is 5.29. The van der Waals surface area contributed by atoms with Crippen LogP contribution in [0.5, 0.6) is 0 Å². The molecular weight excluding hydrogens is 194 g/mol. The van der Waals surface area contributed by atoms with E-state index in [1.165, 1.54) is 12.1 Å². The van der Waals surface area contributed by atoms with Gasteiger partial charge >= 0.3 is 0 Å². The molecule has 0 unspecified atom stereocenters. The summed E-state index contributed by atoms with van der Waals surface area (Å²) in [6.07, 6.45) is 2.84. The molecule has 0 aliphatic rings. The van der Waals surface area contributed by atoms with Gasteiger partial charge in [0.15, 0.2) is 0 Å². The van der Waals surface area contributed by atoms with E-state index in [-0.39, 0.29) is 5.69 Å². The third kappa shape index (κ3) is 3.19. The maximum Gasteiger partial charge on any atom is 0.274 e. The van der Waals surface area contributed by atoms with Crippen LogP contribution in [0.4, 0.5) is 11.5 Å². The fourth-order valence-electron chi connectivity index (χ4n) is 1.29. The molecule has 0 radical (unpaired) electrons. The van der Waals surface area contributed by atoms with Crippen molar-refractivity contribution in [1.82, 2.24) is 4.98 Å². The summed E-state index contributed by atoms with van der Waals surface area (Å²) in [5, 5.41) is 13.5. The van der Waals surface area contributed by atoms with Gasteiger partial charge in [-0.1, -0.05) is 13.3 Å². The van der Waals surface area contributed by atoms with Gasteiger partial charge in [0.2, 0.25) is 0 Å². The highest BCUT2D eigenvalue weighted by Crippen LogP contribution is 2.18. The van der Waals surface area contributed by atoms with Gasteiger partial charge in [-0.05, 0) is 12.8 Å². The van der Waals surface area contributed by atoms with Crippen molar-refractivity contribution in [2.24, 2.45) is 0 Å². The molecule has 0 fully saturated rings. The molecule has 1 aromatic rings. The zero-order valence-electron chi connectivity index (χ0n) is 8.99. The Hall–Kier alpha value is -1.65. The predicted octanol–water partition coefficient (Wildman–Crippen LogP) is 2.37. The summed E-state index contributed by atoms with van der Waals surface area (Å²) in [6, 6.07) is 2.98. The van der Waals surface area contributed by atoms with E-state index >= 15 is 0 Å². The lowest BCUT2D eigenvalue weighted by Crippen LogP contribution is -1.99. The highest BCUT2D eigenvalue weighted by Gasteiger charge is 2.09. The van der Waals surface area contributed by atoms with Crippen LogP contribution in [0.25, 0.3) is 0 Å². The minimum atomic E-state index is -0.391. The van der Waals surface area contributed by atoms with Gasteiger partial charge in [-0.15, -0.1) is 0 Å². The fraction of sp³-hybridized carbons (Fsp3) is 0.500. The van der Waals surface area contributed by atoms with Gasteiger partial charge in [-0.2, -0.15) is 0 Å². The maximum atomic E-state index is 10.6. The molecule has 1 rings (SSSR count). The van der Waals surface area contributed by atoms with E-state index in [4.69, 9.17) is 0 Å². The van der Waals surface area contributed by atoms with Gasteiger partial charge in [-0.25, -0.2) is 4.98 Å². The molecule has 0 aliphatic heterocycles. The first kappa shape index (κ1) is 11.4. The zero-order chi connectivity index (χ0) is 11.3. The Labute approximate surface area is 88.7 Å². The zero-order valence-corrected chi connectivity index (χ0v) is 8.99. The van der Waals surface area contributed by atoms with Crippen molar-refractivity contribution in [3.63, 3.8) is 0 Å². The number of aromatic nitrogens is 1. The minimum Gasteiger partial charge on any atom is -0.373 e. The van der Waals surface area contributed by atoms with E-state index in [9.17, 15) is 10.1 Å². The van der Waals surface area contributed by atoms with Crippen molar-refractivity contribution in [2.45, 2.75) is 26.2 Å². The topological polar surface area (TPSA) is 68.1 Å². The second-order valence-electron chi connectivity index (χ2n) is 3.31. The van der Waals surface area contributed by atoms with E-state index in [1.807, 2.05) is 0 Å². The Kier molecular flexibility index (Phi) is 4.03. The lowest BCUT2D eigenvalue weighted by atomic mass is 10.2. The van der Waals surface area contributed by atoms with E-state index < -0.39 is 4.92 Å². The molecule has 0 bridgehead atoms. The first-order chi connectivity index (χ1) is 7.17. The number of hydrogen-bond donors (Lipinski definition) is 1. The minimum absolute atomic E-state index is 0.0976. The highest BCUT2D eigenvalue weighted by atomic mass is 16.6. The molecule has 0 amide bonds. The molecule has 15 heavy (non-hydrogen) atoms. The molecule has 0 atom stereocenters. The van der Waals surface area contributed by atoms with Crippen molar-refractivity contribution in [3.8, 4) is 0 Å². The molecule has 0 saturated carbocycles. The molecule has 5 nitrogen and oxygen atoms in total. The van der Waals surface area contributed by atoms with Gasteiger partial charge in [0, 0.05) is 18.8 Å². The summed E-state index contributed by atoms with van der Waals surface area (Å²) in [4.78, 5) is 14.5. The average molecular weight is 209 g/mol. The van der Waals surface area contributed by atoms with E-state index in [1.54, 1.807) is 7.05 Å². The van der Waals surface area contributed by atoms with Gasteiger partial charge < -0.3 is 5.32 Å². The standard InChI is InChI=1S/C10H15N3O2/c1-3-4-5-8-6-9(13(14)15)7-10(11-2)12-8/h6-7H,3-5H2,1-2H3,(H,11,12). The number of hydrogen-bond acceptors (Lipinski definition) is 4. The van der Waals surface area contributed by atoms with Crippen LogP contribution < -0.4 is 5.32 Å². The molecule has 5 heteroatoms. The summed E-state index contributed by atoms with van der Waals surface area (Å²) in [7, 11) is 1.70. The van der Waals surface area contributed by atoms with Crippen LogP contribution in [0.3, 0.4) is 0 Å². The van der Waals surface area contributed by atoms with Gasteiger partial charge in [0.05, 0.1) is 11.0 Å². The molecule has 0 aliphatic carbocycles. The molecule has 0 spiro atoms. The summed E-state index contributed by atoms with van der Waals surface area (Å²) < 4.78 is 0. The van der Waals surface area contributed by atoms with Crippen LogP contribution >= 0.6 is 0 Å². The number of nitrogens with one attached hydrogen (secondary N) is 1. The van der Waals surface area contributed by atoms with Crippen molar-refractivity contribution in [2.75, 3.05) is 12.4 Å². The largest absolute Gasteiger partial charge is 0.373 e. The molecule has 0 saturated heterocycles. The first-order valence-corrected chi connectivity index (χ1v) is 5.00. The third-order valence-electron chi connectivity index (χ3n) is 2.12. The predicted molar refractivity (Wildman–Crippen MR) is 59.1 cm³/mol. The Bertz CT molecular complexity index is 353. The van der Waals surface area contributed by atoms with Crippen LogP contribution in [-0.2, 0) is 6.42 Å². The van der Waals surface area contributed by atoms with Gasteiger partial charge in [0.25, 0.3) is 5.69 Å². The van der Waals surface area contributed by atoms with Crippen LogP contribution in [0.15, 0.2) is 12.1 Å². The first-order valence-electron chi connectivity index (χ1n) is 5.00. The van der Waals surface area contributed by atoms with Crippen molar-refractivity contribution in [1.29, 1.82) is 0 Å². The maximum absolute atomic E-state index is 10.6. The molecule has 1 N–H and O–H groups in total. The number of nitrogens with zero attached hydrogens (tertiary/aromatic N) is 2. The van der Waals surface area contributed by atoms with Gasteiger partial charge in [-0.3, -0.25) is 10.1 Å². The molecule has 1 heterocycles. The Morgan fingerprint density at radius 1 is 1.53 bits per heavy atom. The van der Waals surface area contributed by atoms with Crippen LogP contribution in [0.1, 0.15) is 25.5 Å². The second-order valence-corrected chi connectivity index (χ2v) is 3.31. The number of unbranched alkanes of at least 4 members (excludes halogenated alkanes) is 1. The smallest absolute Gasteiger partial charge is 0.274 e. The molecular formula is C10H15N3O2. The van der Waals surface area contributed by atoms with Crippen LogP contribution in [-0.4, -0.2) is 17.0 Å². The van der Waals surface area contributed by atoms with Gasteiger partial charge in [0.1, 0.15) is 5.82 Å². The number of rotatable bonds is 5. The normalized spacial score (nSPS) is 10.0. The van der Waals surface area contributed by atoms with Crippen molar-refractivity contribution < 1.29 is 4.92 Å². The SMILES string of the molecule is CCCCc1cc([N+](=O)[O-])cc(NC)n1. The van der Waals surface area contributed by atoms with Crippen molar-refractivity contribution >= 4 is 11.5 Å². The monoisotopic (exact) mass is 209 g/mol. The summed E-state index contributed by atoms with van der Waals surface area (Å²) in [5.41, 5.74) is 0.871. The molecule has 1 aromatic heterocycles. The summed E-state index contributed by atoms with van der Waals surface area (Å²) in [6.45, 7) is 2.08. The number of anilines is 1. The Morgan fingerprint density at radius 2 is 2.27 bits per heavy atom. The van der Waals surface area contributed by atoms with E-state index in [0.29, 0.717) is 5.82 Å². The Balaban J connectivity index is 2.95. The van der Waals surface area contributed by atoms with Crippen LogP contribution in [0.2, 0.25) is 0 Å². The highest BCUT2D eigenvalue weighted by molar-refractivity contribution is 5.46. The summed E-state index contributed by atoms with van der Waals surface area (Å²) >= 11 is 0. The lowest BCUT2D eigenvalue weighted by molar-refractivity contribution is -0.384. The number of pyridine rings is 1. The number of aryl methyl sites for hydroxylation is 1. The van der Waals surface area contributed by atoms with E-state index in [2.05, 4.69) is 17.2 Å². The van der Waals surface area contributed by atoms with E-state index in [0.717, 1.165) is 25.0 Å². The van der Waals surface area contributed by atoms with Crippen LogP contribution in [0, 0.1) is 10.1 Å². The quantitative estimate of drug-likeness (QED) is 0.597. The molecule has 0 aromatic carbocycles. The average Bonchev–Trinajstić information content (AvgIpc) is 2.25. The number of nitro groups is 1. The lowest BCUT2D eigenvalue weighted by Gasteiger charge is -2.03. The Morgan fingerprint density at radius 3 is 2.80 bits per heavy atom. The molecule has 82 valence electrons. The fourth-order valence-corrected chi connectivity index (χ4v) is 1.29. The summed E-state index contributed by atoms with van der Waals surface area (Å²) in [5.74, 6) is 0.551.